The van der Waals surface area contributed by atoms with Crippen LogP contribution in [-0.4, -0.2) is 36.9 Å². The zero-order valence-electron chi connectivity index (χ0n) is 13.1. The Labute approximate surface area is 137 Å². The first-order chi connectivity index (χ1) is 11.0. The number of hydrogen-bond donors (Lipinski definition) is 2. The van der Waals surface area contributed by atoms with Crippen molar-refractivity contribution in [2.75, 3.05) is 13.1 Å². The standard InChI is InChI=1S/C16H24N2O4S/c19-16(17-20)8-4-7-14-9-11-18(12-10-14)23(21,22)13-15-5-2-1-3-6-15/h1-3,5-6,14,20H,4,7-13H2,(H,17,19). The van der Waals surface area contributed by atoms with E-state index < -0.39 is 10.0 Å². The number of sulfonamides is 1. The number of amides is 1. The summed E-state index contributed by atoms with van der Waals surface area (Å²) in [6.07, 6.45) is 3.57. The van der Waals surface area contributed by atoms with Gasteiger partial charge in [-0.2, -0.15) is 0 Å². The lowest BCUT2D eigenvalue weighted by Crippen LogP contribution is -2.39. The van der Waals surface area contributed by atoms with Crippen molar-refractivity contribution in [3.05, 3.63) is 35.9 Å². The van der Waals surface area contributed by atoms with E-state index in [1.807, 2.05) is 30.3 Å². The van der Waals surface area contributed by atoms with Gasteiger partial charge in [-0.1, -0.05) is 30.3 Å². The number of nitrogens with one attached hydrogen (secondary N) is 1. The van der Waals surface area contributed by atoms with Gasteiger partial charge in [0.05, 0.1) is 5.75 Å². The van der Waals surface area contributed by atoms with Crippen molar-refractivity contribution in [3.63, 3.8) is 0 Å². The van der Waals surface area contributed by atoms with Gasteiger partial charge in [-0.15, -0.1) is 0 Å². The highest BCUT2D eigenvalue weighted by atomic mass is 32.2. The predicted octanol–water partition coefficient (Wildman–Crippen LogP) is 1.90. The molecule has 0 atom stereocenters. The van der Waals surface area contributed by atoms with Gasteiger partial charge in [-0.05, 0) is 37.2 Å². The Balaban J connectivity index is 1.78. The minimum absolute atomic E-state index is 0.0508. The van der Waals surface area contributed by atoms with E-state index in [9.17, 15) is 13.2 Å². The summed E-state index contributed by atoms with van der Waals surface area (Å²) in [5.74, 6) is 0.132. The Morgan fingerprint density at radius 3 is 2.48 bits per heavy atom. The number of rotatable bonds is 7. The van der Waals surface area contributed by atoms with Crippen LogP contribution in [0, 0.1) is 5.92 Å². The normalized spacial score (nSPS) is 17.1. The van der Waals surface area contributed by atoms with Crippen LogP contribution in [0.25, 0.3) is 0 Å². The Morgan fingerprint density at radius 1 is 1.22 bits per heavy atom. The molecule has 23 heavy (non-hydrogen) atoms. The summed E-state index contributed by atoms with van der Waals surface area (Å²) >= 11 is 0. The van der Waals surface area contributed by atoms with Gasteiger partial charge in [0.25, 0.3) is 0 Å². The zero-order valence-corrected chi connectivity index (χ0v) is 14.0. The monoisotopic (exact) mass is 340 g/mol. The molecule has 6 nitrogen and oxygen atoms in total. The van der Waals surface area contributed by atoms with Gasteiger partial charge < -0.3 is 0 Å². The molecule has 1 amide bonds. The lowest BCUT2D eigenvalue weighted by atomic mass is 9.92. The lowest BCUT2D eigenvalue weighted by molar-refractivity contribution is -0.129. The summed E-state index contributed by atoms with van der Waals surface area (Å²) < 4.78 is 26.5. The van der Waals surface area contributed by atoms with Gasteiger partial charge in [0.15, 0.2) is 0 Å². The van der Waals surface area contributed by atoms with Gasteiger partial charge in [0.2, 0.25) is 15.9 Å². The van der Waals surface area contributed by atoms with E-state index in [1.54, 1.807) is 9.79 Å². The molecule has 1 aromatic rings. The molecule has 0 aromatic heterocycles. The SMILES string of the molecule is O=C(CCCC1CCN(S(=O)(=O)Cc2ccccc2)CC1)NO. The van der Waals surface area contributed by atoms with Crippen LogP contribution < -0.4 is 5.48 Å². The number of carbonyl (C=O) groups excluding carboxylic acids is 1. The minimum Gasteiger partial charge on any atom is -0.289 e. The third-order valence-electron chi connectivity index (χ3n) is 4.30. The number of hydrogen-bond acceptors (Lipinski definition) is 4. The Kier molecular flexibility index (Phi) is 6.56. The first-order valence-corrected chi connectivity index (χ1v) is 9.57. The van der Waals surface area contributed by atoms with Crippen molar-refractivity contribution in [1.82, 2.24) is 9.79 Å². The van der Waals surface area contributed by atoms with Crippen LogP contribution >= 0.6 is 0 Å². The summed E-state index contributed by atoms with van der Waals surface area (Å²) in [6, 6.07) is 9.23. The van der Waals surface area contributed by atoms with Crippen molar-refractivity contribution in [3.8, 4) is 0 Å². The summed E-state index contributed by atoms with van der Waals surface area (Å²) in [7, 11) is -3.26. The molecule has 0 unspecified atom stereocenters. The second kappa shape index (κ2) is 8.42. The highest BCUT2D eigenvalue weighted by Gasteiger charge is 2.27. The maximum absolute atomic E-state index is 12.4. The van der Waals surface area contributed by atoms with E-state index in [2.05, 4.69) is 0 Å². The van der Waals surface area contributed by atoms with Crippen molar-refractivity contribution in [1.29, 1.82) is 0 Å². The highest BCUT2D eigenvalue weighted by Crippen LogP contribution is 2.25. The molecular formula is C16H24N2O4S. The van der Waals surface area contributed by atoms with Crippen molar-refractivity contribution < 1.29 is 18.4 Å². The summed E-state index contributed by atoms with van der Waals surface area (Å²) in [4.78, 5) is 11.0. The molecule has 1 aliphatic rings. The number of benzene rings is 1. The molecule has 0 bridgehead atoms. The quantitative estimate of drug-likeness (QED) is 0.586. The second-order valence-corrected chi connectivity index (χ2v) is 7.98. The molecule has 1 saturated heterocycles. The molecule has 0 aliphatic carbocycles. The first-order valence-electron chi connectivity index (χ1n) is 7.96. The van der Waals surface area contributed by atoms with Gasteiger partial charge in [0.1, 0.15) is 0 Å². The number of carbonyl (C=O) groups is 1. The van der Waals surface area contributed by atoms with Crippen LogP contribution in [-0.2, 0) is 20.6 Å². The smallest absolute Gasteiger partial charge is 0.243 e. The van der Waals surface area contributed by atoms with E-state index in [4.69, 9.17) is 5.21 Å². The fourth-order valence-electron chi connectivity index (χ4n) is 2.96. The van der Waals surface area contributed by atoms with Gasteiger partial charge in [-0.3, -0.25) is 10.0 Å². The Morgan fingerprint density at radius 2 is 1.87 bits per heavy atom. The van der Waals surface area contributed by atoms with E-state index >= 15 is 0 Å². The van der Waals surface area contributed by atoms with Crippen molar-refractivity contribution in [2.45, 2.75) is 37.9 Å². The second-order valence-electron chi connectivity index (χ2n) is 6.01. The third kappa shape index (κ3) is 5.60. The Hall–Kier alpha value is -1.44. The molecular weight excluding hydrogens is 316 g/mol. The van der Waals surface area contributed by atoms with Gasteiger partial charge in [-0.25, -0.2) is 18.2 Å². The zero-order chi connectivity index (χ0) is 16.7. The maximum atomic E-state index is 12.4. The highest BCUT2D eigenvalue weighted by molar-refractivity contribution is 7.88. The molecule has 1 fully saturated rings. The topological polar surface area (TPSA) is 86.7 Å². The number of nitrogens with zero attached hydrogens (tertiary/aromatic N) is 1. The molecule has 128 valence electrons. The molecule has 7 heteroatoms. The number of piperidine rings is 1. The maximum Gasteiger partial charge on any atom is 0.243 e. The van der Waals surface area contributed by atoms with Gasteiger partial charge in [0, 0.05) is 19.5 Å². The van der Waals surface area contributed by atoms with E-state index in [0.717, 1.165) is 24.8 Å². The fourth-order valence-corrected chi connectivity index (χ4v) is 4.52. The molecule has 1 aromatic carbocycles. The van der Waals surface area contributed by atoms with Crippen molar-refractivity contribution in [2.24, 2.45) is 5.92 Å². The summed E-state index contributed by atoms with van der Waals surface area (Å²) in [6.45, 7) is 1.10. The third-order valence-corrected chi connectivity index (χ3v) is 6.15. The van der Waals surface area contributed by atoms with E-state index in [1.165, 1.54) is 0 Å². The van der Waals surface area contributed by atoms with Crippen LogP contribution in [0.5, 0.6) is 0 Å². The molecule has 0 spiro atoms. The van der Waals surface area contributed by atoms with Crippen LogP contribution in [0.15, 0.2) is 30.3 Å². The average Bonchev–Trinajstić information content (AvgIpc) is 2.55. The Bertz CT molecular complexity index is 596. The first kappa shape index (κ1) is 17.9. The van der Waals surface area contributed by atoms with Crippen LogP contribution in [0.1, 0.15) is 37.7 Å². The molecule has 0 radical (unpaired) electrons. The summed E-state index contributed by atoms with van der Waals surface area (Å²) in [5.41, 5.74) is 2.44. The van der Waals surface area contributed by atoms with Crippen LogP contribution in [0.3, 0.4) is 0 Å². The van der Waals surface area contributed by atoms with Crippen molar-refractivity contribution >= 4 is 15.9 Å². The fraction of sp³-hybridized carbons (Fsp3) is 0.562. The molecule has 0 saturated carbocycles. The minimum atomic E-state index is -3.26. The summed E-state index contributed by atoms with van der Waals surface area (Å²) in [5, 5.41) is 8.44. The molecule has 1 heterocycles. The number of hydroxylamine groups is 1. The molecule has 2 rings (SSSR count). The lowest BCUT2D eigenvalue weighted by Gasteiger charge is -2.31. The molecule has 1 aliphatic heterocycles. The van der Waals surface area contributed by atoms with Crippen LogP contribution in [0.2, 0.25) is 0 Å². The predicted molar refractivity (Wildman–Crippen MR) is 87.1 cm³/mol. The largest absolute Gasteiger partial charge is 0.289 e. The van der Waals surface area contributed by atoms with E-state index in [0.29, 0.717) is 31.8 Å². The molecule has 2 N–H and O–H groups in total. The van der Waals surface area contributed by atoms with E-state index in [-0.39, 0.29) is 11.7 Å². The van der Waals surface area contributed by atoms with Crippen LogP contribution in [0.4, 0.5) is 0 Å². The average molecular weight is 340 g/mol. The van der Waals surface area contributed by atoms with Gasteiger partial charge >= 0.3 is 0 Å².